The van der Waals surface area contributed by atoms with E-state index < -0.39 is 0 Å². The molecule has 0 atom stereocenters. The van der Waals surface area contributed by atoms with Crippen molar-refractivity contribution in [2.45, 2.75) is 32.1 Å². The van der Waals surface area contributed by atoms with E-state index in [1.54, 1.807) is 0 Å². The number of aryl methyl sites for hydroxylation is 1. The van der Waals surface area contributed by atoms with Crippen LogP contribution in [0.5, 0.6) is 0 Å². The quantitative estimate of drug-likeness (QED) is 0.770. The van der Waals surface area contributed by atoms with Crippen molar-refractivity contribution >= 4 is 22.7 Å². The van der Waals surface area contributed by atoms with E-state index in [1.807, 2.05) is 17.2 Å². The molecule has 23 heavy (non-hydrogen) atoms. The van der Waals surface area contributed by atoms with Crippen molar-refractivity contribution in [1.29, 1.82) is 0 Å². The van der Waals surface area contributed by atoms with Crippen LogP contribution in [0.15, 0.2) is 30.5 Å². The third kappa shape index (κ3) is 4.12. The van der Waals surface area contributed by atoms with Crippen molar-refractivity contribution in [3.05, 3.63) is 36.0 Å². The molecule has 1 aliphatic heterocycles. The van der Waals surface area contributed by atoms with Crippen molar-refractivity contribution in [1.82, 2.24) is 15.2 Å². The fraction of sp³-hybridized carbons (Fsp3) is 0.444. The van der Waals surface area contributed by atoms with Crippen LogP contribution in [0.25, 0.3) is 10.9 Å². The van der Waals surface area contributed by atoms with Gasteiger partial charge in [-0.05, 0) is 48.4 Å². The normalized spacial score (nSPS) is 14.6. The summed E-state index contributed by atoms with van der Waals surface area (Å²) < 4.78 is 0. The first kappa shape index (κ1) is 15.6. The minimum Gasteiger partial charge on any atom is -0.361 e. The summed E-state index contributed by atoms with van der Waals surface area (Å²) >= 11 is 0. The molecule has 5 nitrogen and oxygen atoms in total. The van der Waals surface area contributed by atoms with Gasteiger partial charge in [-0.15, -0.1) is 0 Å². The molecule has 0 bridgehead atoms. The highest BCUT2D eigenvalue weighted by Crippen LogP contribution is 2.15. The highest BCUT2D eigenvalue weighted by Gasteiger charge is 2.18. The zero-order valence-electron chi connectivity index (χ0n) is 13.3. The molecule has 3 rings (SSSR count). The third-order valence-electron chi connectivity index (χ3n) is 4.36. The molecule has 1 fully saturated rings. The summed E-state index contributed by atoms with van der Waals surface area (Å²) in [5, 5.41) is 4.12. The lowest BCUT2D eigenvalue weighted by atomic mass is 10.1. The predicted octanol–water partition coefficient (Wildman–Crippen LogP) is 2.23. The van der Waals surface area contributed by atoms with Crippen LogP contribution in [0.3, 0.4) is 0 Å². The van der Waals surface area contributed by atoms with Crippen molar-refractivity contribution < 1.29 is 9.59 Å². The monoisotopic (exact) mass is 313 g/mol. The number of carbonyl (C=O) groups excluding carboxylic acids is 2. The second-order valence-corrected chi connectivity index (χ2v) is 6.09. The van der Waals surface area contributed by atoms with Crippen LogP contribution in [0, 0.1) is 0 Å². The second-order valence-electron chi connectivity index (χ2n) is 6.09. The summed E-state index contributed by atoms with van der Waals surface area (Å²) in [4.78, 5) is 28.4. The number of aromatic amines is 1. The van der Waals surface area contributed by atoms with Gasteiger partial charge in [0.2, 0.25) is 11.8 Å². The molecule has 1 aromatic heterocycles. The van der Waals surface area contributed by atoms with Crippen molar-refractivity contribution in [2.24, 2.45) is 0 Å². The van der Waals surface area contributed by atoms with E-state index in [1.165, 1.54) is 10.9 Å². The van der Waals surface area contributed by atoms with Gasteiger partial charge in [0.15, 0.2) is 0 Å². The molecule has 0 spiro atoms. The predicted molar refractivity (Wildman–Crippen MR) is 90.1 cm³/mol. The average molecular weight is 313 g/mol. The number of H-pyrrole nitrogens is 1. The average Bonchev–Trinajstić information content (AvgIpc) is 3.18. The van der Waals surface area contributed by atoms with Crippen LogP contribution >= 0.6 is 0 Å². The number of rotatable bonds is 7. The summed E-state index contributed by atoms with van der Waals surface area (Å²) in [5.41, 5.74) is 2.30. The van der Waals surface area contributed by atoms with Crippen molar-refractivity contribution in [3.8, 4) is 0 Å². The molecule has 2 aromatic rings. The molecule has 0 unspecified atom stereocenters. The maximum absolute atomic E-state index is 11.9. The highest BCUT2D eigenvalue weighted by atomic mass is 16.2. The van der Waals surface area contributed by atoms with Gasteiger partial charge in [0, 0.05) is 44.2 Å². The fourth-order valence-corrected chi connectivity index (χ4v) is 3.04. The minimum atomic E-state index is 0.0758. The van der Waals surface area contributed by atoms with Gasteiger partial charge in [0.25, 0.3) is 0 Å². The number of hydrogen-bond acceptors (Lipinski definition) is 2. The van der Waals surface area contributed by atoms with E-state index in [4.69, 9.17) is 0 Å². The van der Waals surface area contributed by atoms with Gasteiger partial charge in [0.1, 0.15) is 0 Å². The first-order valence-electron chi connectivity index (χ1n) is 8.33. The molecule has 122 valence electrons. The van der Waals surface area contributed by atoms with Crippen LogP contribution in [0.1, 0.15) is 31.2 Å². The van der Waals surface area contributed by atoms with E-state index >= 15 is 0 Å². The lowest BCUT2D eigenvalue weighted by Crippen LogP contribution is -2.30. The van der Waals surface area contributed by atoms with Gasteiger partial charge in [-0.3, -0.25) is 9.59 Å². The Hall–Kier alpha value is -2.30. The zero-order valence-corrected chi connectivity index (χ0v) is 13.3. The second kappa shape index (κ2) is 7.31. The molecule has 1 aliphatic rings. The Bertz CT molecular complexity index is 692. The molecule has 2 heterocycles. The van der Waals surface area contributed by atoms with Crippen LogP contribution in [0.4, 0.5) is 0 Å². The van der Waals surface area contributed by atoms with Crippen LogP contribution < -0.4 is 5.32 Å². The van der Waals surface area contributed by atoms with Crippen LogP contribution in [0.2, 0.25) is 0 Å². The van der Waals surface area contributed by atoms with E-state index in [9.17, 15) is 9.59 Å². The van der Waals surface area contributed by atoms with E-state index in [0.717, 1.165) is 37.9 Å². The molecular formula is C18H23N3O2. The lowest BCUT2D eigenvalue weighted by Gasteiger charge is -2.15. The zero-order chi connectivity index (χ0) is 16.1. The number of carbonyl (C=O) groups is 2. The number of nitrogens with one attached hydrogen (secondary N) is 2. The number of aromatic nitrogens is 1. The molecule has 0 radical (unpaired) electrons. The van der Waals surface area contributed by atoms with Crippen LogP contribution in [-0.4, -0.2) is 41.3 Å². The maximum atomic E-state index is 11.9. The van der Waals surface area contributed by atoms with Crippen molar-refractivity contribution in [3.63, 3.8) is 0 Å². The number of likely N-dealkylation sites (tertiary alicyclic amines) is 1. The standard InChI is InChI=1S/C18H23N3O2/c22-17(20-9-2-12-21-11-1-3-18(21)23)7-5-14-4-6-16-15(13-14)8-10-19-16/h4,6,8,10,13,19H,1-3,5,7,9,11-12H2,(H,20,22). The molecule has 0 saturated carbocycles. The van der Waals surface area contributed by atoms with Gasteiger partial charge >= 0.3 is 0 Å². The lowest BCUT2D eigenvalue weighted by molar-refractivity contribution is -0.127. The third-order valence-corrected chi connectivity index (χ3v) is 4.36. The molecule has 2 N–H and O–H groups in total. The van der Waals surface area contributed by atoms with Gasteiger partial charge < -0.3 is 15.2 Å². The van der Waals surface area contributed by atoms with Gasteiger partial charge in [-0.25, -0.2) is 0 Å². The summed E-state index contributed by atoms with van der Waals surface area (Å²) in [6.07, 6.45) is 5.64. The number of fused-ring (bicyclic) bond motifs is 1. The SMILES string of the molecule is O=C(CCc1ccc2[nH]ccc2c1)NCCCN1CCCC1=O. The Morgan fingerprint density at radius 1 is 1.30 bits per heavy atom. The van der Waals surface area contributed by atoms with Crippen LogP contribution in [-0.2, 0) is 16.0 Å². The number of nitrogens with zero attached hydrogens (tertiary/aromatic N) is 1. The molecule has 1 aromatic carbocycles. The van der Waals surface area contributed by atoms with Gasteiger partial charge in [0.05, 0.1) is 0 Å². The summed E-state index contributed by atoms with van der Waals surface area (Å²) in [6.45, 7) is 2.26. The van der Waals surface area contributed by atoms with E-state index in [0.29, 0.717) is 19.4 Å². The van der Waals surface area contributed by atoms with E-state index in [2.05, 4.69) is 28.5 Å². The Morgan fingerprint density at radius 3 is 3.04 bits per heavy atom. The molecule has 0 aliphatic carbocycles. The first-order chi connectivity index (χ1) is 11.2. The van der Waals surface area contributed by atoms with Crippen molar-refractivity contribution in [2.75, 3.05) is 19.6 Å². The minimum absolute atomic E-state index is 0.0758. The maximum Gasteiger partial charge on any atom is 0.222 e. The number of amides is 2. The summed E-state index contributed by atoms with van der Waals surface area (Å²) in [5.74, 6) is 0.323. The van der Waals surface area contributed by atoms with Gasteiger partial charge in [-0.1, -0.05) is 6.07 Å². The summed E-state index contributed by atoms with van der Waals surface area (Å²) in [7, 11) is 0. The first-order valence-corrected chi connectivity index (χ1v) is 8.33. The molecule has 2 amide bonds. The number of hydrogen-bond donors (Lipinski definition) is 2. The Morgan fingerprint density at radius 2 is 2.22 bits per heavy atom. The largest absolute Gasteiger partial charge is 0.361 e. The summed E-state index contributed by atoms with van der Waals surface area (Å²) in [6, 6.07) is 8.28. The Labute approximate surface area is 136 Å². The highest BCUT2D eigenvalue weighted by molar-refractivity contribution is 5.80. The Balaban J connectivity index is 1.35. The smallest absolute Gasteiger partial charge is 0.222 e. The van der Waals surface area contributed by atoms with E-state index in [-0.39, 0.29) is 11.8 Å². The molecule has 1 saturated heterocycles. The Kier molecular flexibility index (Phi) is 4.95. The number of benzene rings is 1. The topological polar surface area (TPSA) is 65.2 Å². The molecular weight excluding hydrogens is 290 g/mol. The molecule has 5 heteroatoms. The fourth-order valence-electron chi connectivity index (χ4n) is 3.04. The van der Waals surface area contributed by atoms with Gasteiger partial charge in [-0.2, -0.15) is 0 Å².